The van der Waals surface area contributed by atoms with Crippen LogP contribution in [-0.4, -0.2) is 54.0 Å². The van der Waals surface area contributed by atoms with E-state index in [4.69, 9.17) is 14.0 Å². The van der Waals surface area contributed by atoms with Gasteiger partial charge in [0, 0.05) is 0 Å². The van der Waals surface area contributed by atoms with E-state index in [1.807, 2.05) is 27.7 Å². The van der Waals surface area contributed by atoms with E-state index in [0.29, 0.717) is 5.56 Å². The lowest BCUT2D eigenvalue weighted by Gasteiger charge is -2.32. The third kappa shape index (κ3) is 3.80. The standard InChI is InChI=1S/C20H27BF3NO4/c1-18(2)19(3,4)29-21(28-18)13-9-7-12(8-10-13)15-14(11-22)25(17(26)16(23)24)20(5,6)27-15/h7-10,14-16H,11H2,1-6H3. The second-order valence-electron chi connectivity index (χ2n) is 8.97. The number of alkyl halides is 3. The molecule has 9 heteroatoms. The van der Waals surface area contributed by atoms with E-state index in [9.17, 15) is 18.0 Å². The smallest absolute Gasteiger partial charge is 0.399 e. The first-order chi connectivity index (χ1) is 13.3. The highest BCUT2D eigenvalue weighted by Gasteiger charge is 2.53. The summed E-state index contributed by atoms with van der Waals surface area (Å²) < 4.78 is 57.7. The number of rotatable bonds is 4. The van der Waals surface area contributed by atoms with E-state index < -0.39 is 55.2 Å². The van der Waals surface area contributed by atoms with Crippen molar-refractivity contribution >= 4 is 18.5 Å². The molecule has 2 atom stereocenters. The van der Waals surface area contributed by atoms with Gasteiger partial charge in [0.2, 0.25) is 0 Å². The summed E-state index contributed by atoms with van der Waals surface area (Å²) in [5.74, 6) is -1.44. The molecule has 2 fully saturated rings. The summed E-state index contributed by atoms with van der Waals surface area (Å²) in [5, 5.41) is 0. The number of carbonyl (C=O) groups is 1. The molecule has 0 bridgehead atoms. The van der Waals surface area contributed by atoms with Gasteiger partial charge in [-0.1, -0.05) is 24.3 Å². The monoisotopic (exact) mass is 413 g/mol. The Kier molecular flexibility index (Phi) is 5.56. The van der Waals surface area contributed by atoms with Crippen molar-refractivity contribution in [3.63, 3.8) is 0 Å². The van der Waals surface area contributed by atoms with Crippen LogP contribution in [0.25, 0.3) is 0 Å². The molecule has 2 saturated heterocycles. The quantitative estimate of drug-likeness (QED) is 0.712. The summed E-state index contributed by atoms with van der Waals surface area (Å²) in [7, 11) is -0.552. The lowest BCUT2D eigenvalue weighted by atomic mass is 9.78. The predicted octanol–water partition coefficient (Wildman–Crippen LogP) is 3.23. The van der Waals surface area contributed by atoms with Gasteiger partial charge < -0.3 is 18.9 Å². The van der Waals surface area contributed by atoms with Crippen LogP contribution in [-0.2, 0) is 18.8 Å². The molecule has 0 saturated carbocycles. The summed E-state index contributed by atoms with van der Waals surface area (Å²) in [6.45, 7) is 9.79. The topological polar surface area (TPSA) is 48.0 Å². The maximum atomic E-state index is 13.8. The van der Waals surface area contributed by atoms with Crippen molar-refractivity contribution in [1.29, 1.82) is 0 Å². The maximum absolute atomic E-state index is 13.8. The Morgan fingerprint density at radius 3 is 2.03 bits per heavy atom. The van der Waals surface area contributed by atoms with Gasteiger partial charge in [0.05, 0.1) is 17.2 Å². The van der Waals surface area contributed by atoms with Crippen LogP contribution in [0.3, 0.4) is 0 Å². The number of nitrogens with zero attached hydrogens (tertiary/aromatic N) is 1. The minimum Gasteiger partial charge on any atom is -0.399 e. The molecular formula is C20H27BF3NO4. The molecule has 0 aliphatic carbocycles. The molecule has 5 nitrogen and oxygen atoms in total. The van der Waals surface area contributed by atoms with Gasteiger partial charge in [-0.25, -0.2) is 4.39 Å². The van der Waals surface area contributed by atoms with Crippen LogP contribution in [0.5, 0.6) is 0 Å². The van der Waals surface area contributed by atoms with Crippen LogP contribution < -0.4 is 5.46 Å². The highest BCUT2D eigenvalue weighted by atomic mass is 19.3. The molecule has 0 aromatic heterocycles. The van der Waals surface area contributed by atoms with Gasteiger partial charge in [0.15, 0.2) is 0 Å². The van der Waals surface area contributed by atoms with E-state index in [1.54, 1.807) is 24.3 Å². The van der Waals surface area contributed by atoms with Crippen molar-refractivity contribution in [2.24, 2.45) is 0 Å². The molecule has 1 aromatic carbocycles. The second kappa shape index (κ2) is 7.28. The number of carbonyl (C=O) groups excluding carboxylic acids is 1. The molecule has 160 valence electrons. The number of hydrogen-bond donors (Lipinski definition) is 0. The Labute approximate surface area is 169 Å². The minimum absolute atomic E-state index is 0.482. The molecule has 0 N–H and O–H groups in total. The zero-order valence-corrected chi connectivity index (χ0v) is 17.5. The van der Waals surface area contributed by atoms with E-state index in [1.165, 1.54) is 13.8 Å². The average Bonchev–Trinajstić information content (AvgIpc) is 3.02. The number of amides is 1. The van der Waals surface area contributed by atoms with Crippen LogP contribution in [0, 0.1) is 0 Å². The normalized spacial score (nSPS) is 27.7. The molecule has 2 aliphatic heterocycles. The fourth-order valence-electron chi connectivity index (χ4n) is 3.78. The number of halogens is 3. The SMILES string of the molecule is CC1(C)OC(c2ccc(B3OC(C)(C)C(C)(C)O3)cc2)C(CF)N1C(=O)C(F)F. The van der Waals surface area contributed by atoms with Crippen molar-refractivity contribution < 1.29 is 32.0 Å². The van der Waals surface area contributed by atoms with Crippen LogP contribution in [0.1, 0.15) is 53.2 Å². The molecule has 3 rings (SSSR count). The lowest BCUT2D eigenvalue weighted by Crippen LogP contribution is -2.51. The first-order valence-electron chi connectivity index (χ1n) is 9.61. The van der Waals surface area contributed by atoms with Crippen molar-refractivity contribution in [1.82, 2.24) is 4.90 Å². The van der Waals surface area contributed by atoms with Crippen LogP contribution >= 0.6 is 0 Å². The zero-order chi connectivity index (χ0) is 21.8. The van der Waals surface area contributed by atoms with E-state index in [-0.39, 0.29) is 0 Å². The summed E-state index contributed by atoms with van der Waals surface area (Å²) >= 11 is 0. The third-order valence-electron chi connectivity index (χ3n) is 6.05. The number of hydrogen-bond acceptors (Lipinski definition) is 4. The Hall–Kier alpha value is -1.58. The van der Waals surface area contributed by atoms with Crippen LogP contribution in [0.2, 0.25) is 0 Å². The Bertz CT molecular complexity index is 753. The van der Waals surface area contributed by atoms with Gasteiger partial charge in [0.1, 0.15) is 18.5 Å². The Balaban J connectivity index is 1.84. The molecule has 1 aromatic rings. The molecule has 2 unspecified atom stereocenters. The van der Waals surface area contributed by atoms with Gasteiger partial charge in [-0.15, -0.1) is 0 Å². The van der Waals surface area contributed by atoms with Gasteiger partial charge in [-0.05, 0) is 52.6 Å². The number of ether oxygens (including phenoxy) is 1. The summed E-state index contributed by atoms with van der Waals surface area (Å²) in [5.41, 5.74) is -0.943. The molecule has 2 aliphatic rings. The fraction of sp³-hybridized carbons (Fsp3) is 0.650. The molecule has 0 radical (unpaired) electrons. The van der Waals surface area contributed by atoms with E-state index in [0.717, 1.165) is 10.4 Å². The van der Waals surface area contributed by atoms with E-state index in [2.05, 4.69) is 0 Å². The molecule has 2 heterocycles. The molecule has 1 amide bonds. The third-order valence-corrected chi connectivity index (χ3v) is 6.05. The van der Waals surface area contributed by atoms with Gasteiger partial charge in [-0.2, -0.15) is 8.78 Å². The predicted molar refractivity (Wildman–Crippen MR) is 103 cm³/mol. The van der Waals surface area contributed by atoms with Crippen LogP contribution in [0.15, 0.2) is 24.3 Å². The Morgan fingerprint density at radius 2 is 1.59 bits per heavy atom. The molecule has 29 heavy (non-hydrogen) atoms. The van der Waals surface area contributed by atoms with Crippen molar-refractivity contribution in [2.45, 2.75) is 77.0 Å². The van der Waals surface area contributed by atoms with Crippen molar-refractivity contribution in [2.75, 3.05) is 6.67 Å². The zero-order valence-electron chi connectivity index (χ0n) is 17.5. The van der Waals surface area contributed by atoms with Gasteiger partial charge in [-0.3, -0.25) is 4.79 Å². The summed E-state index contributed by atoms with van der Waals surface area (Å²) in [4.78, 5) is 12.8. The van der Waals surface area contributed by atoms with Crippen LogP contribution in [0.4, 0.5) is 13.2 Å². The summed E-state index contributed by atoms with van der Waals surface area (Å²) in [6.07, 6.45) is -4.08. The fourth-order valence-corrected chi connectivity index (χ4v) is 3.78. The second-order valence-corrected chi connectivity index (χ2v) is 8.97. The Morgan fingerprint density at radius 1 is 1.07 bits per heavy atom. The highest BCUT2D eigenvalue weighted by molar-refractivity contribution is 6.62. The highest BCUT2D eigenvalue weighted by Crippen LogP contribution is 2.42. The minimum atomic E-state index is -3.23. The molecule has 0 spiro atoms. The average molecular weight is 413 g/mol. The lowest BCUT2D eigenvalue weighted by molar-refractivity contribution is -0.159. The van der Waals surface area contributed by atoms with Gasteiger partial charge >= 0.3 is 13.5 Å². The first kappa shape index (κ1) is 22.1. The van der Waals surface area contributed by atoms with Crippen molar-refractivity contribution in [3.05, 3.63) is 29.8 Å². The maximum Gasteiger partial charge on any atom is 0.494 e. The first-order valence-corrected chi connectivity index (χ1v) is 9.61. The van der Waals surface area contributed by atoms with E-state index >= 15 is 0 Å². The summed E-state index contributed by atoms with van der Waals surface area (Å²) in [6, 6.07) is 5.87. The number of benzene rings is 1. The van der Waals surface area contributed by atoms with Gasteiger partial charge in [0.25, 0.3) is 5.91 Å². The van der Waals surface area contributed by atoms with Crippen molar-refractivity contribution in [3.8, 4) is 0 Å². The largest absolute Gasteiger partial charge is 0.494 e. The molecular weight excluding hydrogens is 386 g/mol.